The molecule has 2 atom stereocenters. The van der Waals surface area contributed by atoms with Crippen LogP contribution in [0.2, 0.25) is 0 Å². The van der Waals surface area contributed by atoms with E-state index in [1.165, 1.54) is 14.2 Å². The van der Waals surface area contributed by atoms with Crippen LogP contribution in [-0.2, 0) is 4.74 Å². The van der Waals surface area contributed by atoms with Gasteiger partial charge in [-0.2, -0.15) is 0 Å². The predicted octanol–water partition coefficient (Wildman–Crippen LogP) is 3.50. The highest BCUT2D eigenvalue weighted by Crippen LogP contribution is 2.31. The van der Waals surface area contributed by atoms with Crippen molar-refractivity contribution in [3.05, 3.63) is 35.2 Å². The molecule has 0 amide bonds. The number of rotatable bonds is 5. The van der Waals surface area contributed by atoms with Gasteiger partial charge in [0, 0.05) is 11.6 Å². The summed E-state index contributed by atoms with van der Waals surface area (Å²) in [5, 5.41) is 0. The molecule has 1 aromatic rings. The molecular formula is C16H23NO3. The molecule has 2 unspecified atom stereocenters. The number of ether oxygens (including phenoxy) is 2. The summed E-state index contributed by atoms with van der Waals surface area (Å²) in [6.45, 7) is 12.1. The molecule has 4 heteroatoms. The lowest BCUT2D eigenvalue weighted by molar-refractivity contribution is 0.0589. The summed E-state index contributed by atoms with van der Waals surface area (Å²) >= 11 is 0. The molecule has 0 spiro atoms. The van der Waals surface area contributed by atoms with E-state index in [2.05, 4.69) is 25.4 Å². The molecule has 110 valence electrons. The van der Waals surface area contributed by atoms with Crippen LogP contribution in [0.4, 0.5) is 0 Å². The van der Waals surface area contributed by atoms with Crippen LogP contribution >= 0.6 is 0 Å². The second kappa shape index (κ2) is 6.55. The fourth-order valence-electron chi connectivity index (χ4n) is 2.10. The second-order valence-corrected chi connectivity index (χ2v) is 5.16. The molecule has 0 bridgehead atoms. The number of pyridine rings is 1. The average molecular weight is 277 g/mol. The Hall–Kier alpha value is -1.84. The van der Waals surface area contributed by atoms with Gasteiger partial charge in [-0.3, -0.25) is 0 Å². The van der Waals surface area contributed by atoms with Crippen LogP contribution < -0.4 is 4.74 Å². The quantitative estimate of drug-likeness (QED) is 0.610. The molecule has 1 rings (SSSR count). The van der Waals surface area contributed by atoms with Crippen LogP contribution in [0, 0.1) is 12.8 Å². The first-order valence-electron chi connectivity index (χ1n) is 6.62. The summed E-state index contributed by atoms with van der Waals surface area (Å²) in [6, 6.07) is 1.95. The highest BCUT2D eigenvalue weighted by Gasteiger charge is 2.23. The summed E-state index contributed by atoms with van der Waals surface area (Å²) in [6.07, 6.45) is 0. The topological polar surface area (TPSA) is 48.4 Å². The van der Waals surface area contributed by atoms with Crippen LogP contribution in [0.15, 0.2) is 18.2 Å². The van der Waals surface area contributed by atoms with Gasteiger partial charge in [-0.15, -0.1) is 0 Å². The number of esters is 1. The zero-order valence-corrected chi connectivity index (χ0v) is 13.1. The molecule has 0 fully saturated rings. The molecule has 20 heavy (non-hydrogen) atoms. The fraction of sp³-hybridized carbons (Fsp3) is 0.500. The van der Waals surface area contributed by atoms with Gasteiger partial charge >= 0.3 is 5.97 Å². The molecule has 1 heterocycles. The maximum Gasteiger partial charge on any atom is 0.360 e. The van der Waals surface area contributed by atoms with Crippen LogP contribution in [0.3, 0.4) is 0 Å². The number of hydrogen-bond acceptors (Lipinski definition) is 4. The van der Waals surface area contributed by atoms with Crippen LogP contribution in [0.25, 0.3) is 0 Å². The Morgan fingerprint density at radius 1 is 1.35 bits per heavy atom. The number of carbonyl (C=O) groups excluding carboxylic acids is 1. The molecule has 0 radical (unpaired) electrons. The number of aromatic nitrogens is 1. The van der Waals surface area contributed by atoms with E-state index in [0.717, 1.165) is 16.8 Å². The Balaban J connectivity index is 3.33. The number of carbonyl (C=O) groups is 1. The summed E-state index contributed by atoms with van der Waals surface area (Å²) in [5.41, 5.74) is 3.04. The largest absolute Gasteiger partial charge is 0.494 e. The van der Waals surface area contributed by atoms with Gasteiger partial charge in [-0.25, -0.2) is 9.78 Å². The third kappa shape index (κ3) is 3.18. The van der Waals surface area contributed by atoms with Crippen molar-refractivity contribution in [3.63, 3.8) is 0 Å². The normalized spacial score (nSPS) is 13.5. The molecule has 0 aromatic carbocycles. The lowest BCUT2D eigenvalue weighted by Gasteiger charge is -2.21. The zero-order valence-electron chi connectivity index (χ0n) is 13.1. The standard InChI is InChI=1S/C16H23NO3/c1-9(2)11(4)12(5)13-8-10(3)15(19-6)14(17-13)16(18)20-7/h8,11-12H,1H2,2-7H3. The predicted molar refractivity (Wildman–Crippen MR) is 79.3 cm³/mol. The first-order chi connectivity index (χ1) is 9.33. The van der Waals surface area contributed by atoms with Crippen molar-refractivity contribution >= 4 is 5.97 Å². The van der Waals surface area contributed by atoms with E-state index in [9.17, 15) is 4.79 Å². The minimum absolute atomic E-state index is 0.167. The Bertz CT molecular complexity index is 523. The van der Waals surface area contributed by atoms with Gasteiger partial charge in [0.2, 0.25) is 0 Å². The highest BCUT2D eigenvalue weighted by molar-refractivity contribution is 5.90. The molecule has 4 nitrogen and oxygen atoms in total. The average Bonchev–Trinajstić information content (AvgIpc) is 2.43. The molecule has 1 aromatic heterocycles. The van der Waals surface area contributed by atoms with Crippen molar-refractivity contribution in [1.29, 1.82) is 0 Å². The third-order valence-electron chi connectivity index (χ3n) is 3.76. The van der Waals surface area contributed by atoms with Crippen molar-refractivity contribution in [2.75, 3.05) is 14.2 Å². The fourth-order valence-corrected chi connectivity index (χ4v) is 2.10. The highest BCUT2D eigenvalue weighted by atomic mass is 16.5. The van der Waals surface area contributed by atoms with Gasteiger partial charge in [-0.05, 0) is 31.4 Å². The molecular weight excluding hydrogens is 254 g/mol. The van der Waals surface area contributed by atoms with Gasteiger partial charge in [-0.1, -0.05) is 26.0 Å². The monoisotopic (exact) mass is 277 g/mol. The third-order valence-corrected chi connectivity index (χ3v) is 3.76. The Morgan fingerprint density at radius 2 is 1.95 bits per heavy atom. The Kier molecular flexibility index (Phi) is 5.31. The van der Waals surface area contributed by atoms with Crippen molar-refractivity contribution in [1.82, 2.24) is 4.98 Å². The van der Waals surface area contributed by atoms with E-state index in [4.69, 9.17) is 9.47 Å². The van der Waals surface area contributed by atoms with E-state index in [1.807, 2.05) is 19.9 Å². The Morgan fingerprint density at radius 3 is 2.40 bits per heavy atom. The van der Waals surface area contributed by atoms with Crippen LogP contribution in [-0.4, -0.2) is 25.2 Å². The van der Waals surface area contributed by atoms with Gasteiger partial charge in [0.25, 0.3) is 0 Å². The summed E-state index contributed by atoms with van der Waals surface area (Å²) in [5.74, 6) is 0.430. The van der Waals surface area contributed by atoms with Crippen molar-refractivity contribution in [2.45, 2.75) is 33.6 Å². The minimum atomic E-state index is -0.484. The molecule has 0 aliphatic rings. The first kappa shape index (κ1) is 16.2. The minimum Gasteiger partial charge on any atom is -0.494 e. The summed E-state index contributed by atoms with van der Waals surface area (Å²) in [7, 11) is 2.86. The van der Waals surface area contributed by atoms with Crippen LogP contribution in [0.1, 0.15) is 48.4 Å². The number of hydrogen-bond donors (Lipinski definition) is 0. The first-order valence-corrected chi connectivity index (χ1v) is 6.62. The van der Waals surface area contributed by atoms with E-state index < -0.39 is 5.97 Å². The molecule has 0 saturated heterocycles. The maximum absolute atomic E-state index is 11.8. The summed E-state index contributed by atoms with van der Waals surface area (Å²) < 4.78 is 10.0. The van der Waals surface area contributed by atoms with Gasteiger partial charge in [0.15, 0.2) is 11.4 Å². The van der Waals surface area contributed by atoms with E-state index in [1.54, 1.807) is 0 Å². The van der Waals surface area contributed by atoms with Gasteiger partial charge in [0.05, 0.1) is 14.2 Å². The van der Waals surface area contributed by atoms with Crippen molar-refractivity contribution < 1.29 is 14.3 Å². The molecule has 0 aliphatic carbocycles. The molecule has 0 saturated carbocycles. The van der Waals surface area contributed by atoms with Gasteiger partial charge < -0.3 is 9.47 Å². The van der Waals surface area contributed by atoms with E-state index in [-0.39, 0.29) is 17.5 Å². The zero-order chi connectivity index (χ0) is 15.4. The number of methoxy groups -OCH3 is 2. The van der Waals surface area contributed by atoms with Gasteiger partial charge in [0.1, 0.15) is 0 Å². The van der Waals surface area contributed by atoms with Crippen molar-refractivity contribution in [3.8, 4) is 5.75 Å². The molecule has 0 N–H and O–H groups in total. The maximum atomic E-state index is 11.8. The van der Waals surface area contributed by atoms with E-state index >= 15 is 0 Å². The smallest absolute Gasteiger partial charge is 0.360 e. The lowest BCUT2D eigenvalue weighted by atomic mass is 9.87. The lowest BCUT2D eigenvalue weighted by Crippen LogP contribution is -2.14. The van der Waals surface area contributed by atoms with Crippen LogP contribution in [0.5, 0.6) is 5.75 Å². The molecule has 0 aliphatic heterocycles. The van der Waals surface area contributed by atoms with Crippen molar-refractivity contribution in [2.24, 2.45) is 5.92 Å². The number of allylic oxidation sites excluding steroid dienone is 1. The SMILES string of the molecule is C=C(C)C(C)C(C)c1cc(C)c(OC)c(C(=O)OC)n1. The summed E-state index contributed by atoms with van der Waals surface area (Å²) in [4.78, 5) is 16.3. The van der Waals surface area contributed by atoms with E-state index in [0.29, 0.717) is 5.75 Å². The number of nitrogens with zero attached hydrogens (tertiary/aromatic N) is 1. The second-order valence-electron chi connectivity index (χ2n) is 5.16. The Labute approximate surface area is 120 Å². The number of aryl methyl sites for hydroxylation is 1.